The molecule has 0 bridgehead atoms. The minimum absolute atomic E-state index is 0.910. The van der Waals surface area contributed by atoms with Gasteiger partial charge in [0.25, 0.3) is 0 Å². The Morgan fingerprint density at radius 3 is 1.74 bits per heavy atom. The number of rotatable bonds is 3. The number of furan rings is 1. The fourth-order valence-corrected chi connectivity index (χ4v) is 8.52. The van der Waals surface area contributed by atoms with Crippen LogP contribution in [-0.2, 0) is 0 Å². The fraction of sp³-hybridized carbons (Fsp3) is 0. The molecular weight excluding hydrogens is 577 g/mol. The highest BCUT2D eigenvalue weighted by molar-refractivity contribution is 7.99. The van der Waals surface area contributed by atoms with Crippen molar-refractivity contribution >= 4 is 55.2 Å². The SMILES string of the molecule is c1ccc(-c2ccccc2-c2cccc3oc4cc5ccccc5cc4c23)c(-c2ccc3c(c2)-c2cccc4cccc(c24)S3)c1. The van der Waals surface area contributed by atoms with Crippen molar-refractivity contribution in [1.29, 1.82) is 0 Å². The average molecular weight is 603 g/mol. The number of hydrogen-bond donors (Lipinski definition) is 0. The molecule has 0 N–H and O–H groups in total. The monoisotopic (exact) mass is 602 g/mol. The van der Waals surface area contributed by atoms with Crippen LogP contribution in [0.15, 0.2) is 172 Å². The number of benzene rings is 8. The van der Waals surface area contributed by atoms with Crippen LogP contribution in [0.3, 0.4) is 0 Å². The normalized spacial score (nSPS) is 12.3. The lowest BCUT2D eigenvalue weighted by atomic mass is 9.87. The van der Waals surface area contributed by atoms with Crippen molar-refractivity contribution in [2.75, 3.05) is 0 Å². The molecule has 9 aromatic rings. The minimum atomic E-state index is 0.910. The Balaban J connectivity index is 1.17. The van der Waals surface area contributed by atoms with E-state index in [0.717, 1.165) is 21.9 Å². The molecule has 1 aliphatic rings. The van der Waals surface area contributed by atoms with Gasteiger partial charge >= 0.3 is 0 Å². The molecule has 10 rings (SSSR count). The van der Waals surface area contributed by atoms with Crippen LogP contribution in [0.1, 0.15) is 0 Å². The summed E-state index contributed by atoms with van der Waals surface area (Å²) in [6.45, 7) is 0. The van der Waals surface area contributed by atoms with Crippen molar-refractivity contribution < 1.29 is 4.42 Å². The zero-order chi connectivity index (χ0) is 30.2. The van der Waals surface area contributed by atoms with E-state index >= 15 is 0 Å². The summed E-state index contributed by atoms with van der Waals surface area (Å²) < 4.78 is 6.46. The van der Waals surface area contributed by atoms with E-state index in [0.29, 0.717) is 0 Å². The summed E-state index contributed by atoms with van der Waals surface area (Å²) in [7, 11) is 0. The van der Waals surface area contributed by atoms with Gasteiger partial charge in [-0.05, 0) is 97.1 Å². The van der Waals surface area contributed by atoms with Crippen molar-refractivity contribution in [1.82, 2.24) is 0 Å². The zero-order valence-corrected chi connectivity index (χ0v) is 25.6. The van der Waals surface area contributed by atoms with Gasteiger partial charge in [-0.1, -0.05) is 133 Å². The quantitative estimate of drug-likeness (QED) is 0.200. The predicted molar refractivity (Wildman–Crippen MR) is 195 cm³/mol. The number of hydrogen-bond acceptors (Lipinski definition) is 2. The first-order chi connectivity index (χ1) is 22.8. The van der Waals surface area contributed by atoms with E-state index in [9.17, 15) is 0 Å². The van der Waals surface area contributed by atoms with Crippen LogP contribution in [0, 0.1) is 0 Å². The van der Waals surface area contributed by atoms with Crippen LogP contribution < -0.4 is 0 Å². The molecule has 1 aromatic heterocycles. The van der Waals surface area contributed by atoms with Gasteiger partial charge in [0, 0.05) is 25.9 Å². The van der Waals surface area contributed by atoms with Crippen molar-refractivity contribution in [2.45, 2.75) is 9.79 Å². The van der Waals surface area contributed by atoms with Gasteiger partial charge in [-0.15, -0.1) is 0 Å². The lowest BCUT2D eigenvalue weighted by molar-refractivity contribution is 0.669. The largest absolute Gasteiger partial charge is 0.456 e. The Morgan fingerprint density at radius 1 is 0.348 bits per heavy atom. The van der Waals surface area contributed by atoms with Gasteiger partial charge in [0.1, 0.15) is 11.2 Å². The molecule has 0 unspecified atom stereocenters. The lowest BCUT2D eigenvalue weighted by Gasteiger charge is -2.22. The fourth-order valence-electron chi connectivity index (χ4n) is 7.39. The molecule has 2 heterocycles. The van der Waals surface area contributed by atoms with E-state index in [-0.39, 0.29) is 0 Å². The minimum Gasteiger partial charge on any atom is -0.456 e. The highest BCUT2D eigenvalue weighted by atomic mass is 32.2. The van der Waals surface area contributed by atoms with Crippen LogP contribution in [-0.4, -0.2) is 0 Å². The Kier molecular flexibility index (Phi) is 5.58. The molecule has 0 spiro atoms. The molecule has 8 aromatic carbocycles. The first-order valence-corrected chi connectivity index (χ1v) is 16.5. The van der Waals surface area contributed by atoms with Gasteiger partial charge in [-0.3, -0.25) is 0 Å². The van der Waals surface area contributed by atoms with Gasteiger partial charge in [-0.2, -0.15) is 0 Å². The Labute approximate surface area is 270 Å². The summed E-state index contributed by atoms with van der Waals surface area (Å²) >= 11 is 1.87. The second-order valence-electron chi connectivity index (χ2n) is 12.0. The molecule has 46 heavy (non-hydrogen) atoms. The third kappa shape index (κ3) is 3.84. The smallest absolute Gasteiger partial charge is 0.136 e. The van der Waals surface area contributed by atoms with Crippen LogP contribution in [0.5, 0.6) is 0 Å². The predicted octanol–water partition coefficient (Wildman–Crippen LogP) is 13.0. The van der Waals surface area contributed by atoms with Crippen molar-refractivity contribution in [3.8, 4) is 44.5 Å². The zero-order valence-electron chi connectivity index (χ0n) is 24.8. The molecule has 0 saturated heterocycles. The van der Waals surface area contributed by atoms with Crippen molar-refractivity contribution in [3.63, 3.8) is 0 Å². The second kappa shape index (κ2) is 9.97. The maximum atomic E-state index is 6.46. The van der Waals surface area contributed by atoms with E-state index in [2.05, 4.69) is 158 Å². The van der Waals surface area contributed by atoms with Crippen LogP contribution in [0.2, 0.25) is 0 Å². The first kappa shape index (κ1) is 25.7. The van der Waals surface area contributed by atoms with E-state index in [1.165, 1.54) is 75.8 Å². The Morgan fingerprint density at radius 2 is 0.935 bits per heavy atom. The van der Waals surface area contributed by atoms with Gasteiger partial charge in [0.2, 0.25) is 0 Å². The average Bonchev–Trinajstić information content (AvgIpc) is 3.48. The van der Waals surface area contributed by atoms with Gasteiger partial charge in [0.15, 0.2) is 0 Å². The van der Waals surface area contributed by atoms with Crippen LogP contribution in [0.4, 0.5) is 0 Å². The molecule has 0 aliphatic carbocycles. The first-order valence-electron chi connectivity index (χ1n) is 15.7. The molecule has 0 saturated carbocycles. The van der Waals surface area contributed by atoms with Gasteiger partial charge in [-0.25, -0.2) is 0 Å². The van der Waals surface area contributed by atoms with Crippen LogP contribution >= 0.6 is 11.8 Å². The van der Waals surface area contributed by atoms with E-state index < -0.39 is 0 Å². The molecule has 2 heteroatoms. The highest BCUT2D eigenvalue weighted by Gasteiger charge is 2.21. The second-order valence-corrected chi connectivity index (χ2v) is 13.1. The molecule has 0 radical (unpaired) electrons. The van der Waals surface area contributed by atoms with Gasteiger partial charge < -0.3 is 4.42 Å². The maximum Gasteiger partial charge on any atom is 0.136 e. The molecular formula is C44H26OS. The lowest BCUT2D eigenvalue weighted by Crippen LogP contribution is -1.94. The summed E-state index contributed by atoms with van der Waals surface area (Å²) in [6.07, 6.45) is 0. The summed E-state index contributed by atoms with van der Waals surface area (Å²) in [5.74, 6) is 0. The number of fused-ring (bicyclic) bond motifs is 6. The summed E-state index contributed by atoms with van der Waals surface area (Å²) in [6, 6.07) is 57.3. The standard InChI is InChI=1S/C44H26OS/c1-2-11-29-26-40-38(24-28(29)10-1)44-35(19-9-20-39(44)45-40)34-17-6-5-16-33(34)32-15-4-3-14-31(32)30-22-23-41-37(25-30)36-18-7-12-27-13-8-21-42(46-41)43(27)36/h1-26H. The van der Waals surface area contributed by atoms with Crippen molar-refractivity contribution in [2.24, 2.45) is 0 Å². The Hall–Kier alpha value is -5.57. The third-order valence-corrected chi connectivity index (χ3v) is 10.6. The highest BCUT2D eigenvalue weighted by Crippen LogP contribution is 2.50. The maximum absolute atomic E-state index is 6.46. The molecule has 1 nitrogen and oxygen atoms in total. The molecule has 214 valence electrons. The van der Waals surface area contributed by atoms with Gasteiger partial charge in [0.05, 0.1) is 0 Å². The molecule has 0 atom stereocenters. The summed E-state index contributed by atoms with van der Waals surface area (Å²) in [5, 5.41) is 7.36. The summed E-state index contributed by atoms with van der Waals surface area (Å²) in [4.78, 5) is 2.63. The van der Waals surface area contributed by atoms with E-state index in [1.54, 1.807) is 0 Å². The molecule has 0 fully saturated rings. The molecule has 1 aliphatic heterocycles. The van der Waals surface area contributed by atoms with Crippen LogP contribution in [0.25, 0.3) is 88.0 Å². The topological polar surface area (TPSA) is 13.1 Å². The summed E-state index contributed by atoms with van der Waals surface area (Å²) in [5.41, 5.74) is 11.7. The third-order valence-electron chi connectivity index (χ3n) is 9.46. The van der Waals surface area contributed by atoms with Crippen molar-refractivity contribution in [3.05, 3.63) is 158 Å². The molecule has 0 amide bonds. The Bertz CT molecular complexity index is 2670. The van der Waals surface area contributed by atoms with E-state index in [4.69, 9.17) is 4.42 Å². The van der Waals surface area contributed by atoms with E-state index in [1.807, 2.05) is 11.8 Å².